The Kier molecular flexibility index (Phi) is 5.04. The lowest BCUT2D eigenvalue weighted by Gasteiger charge is -2.13. The van der Waals surface area contributed by atoms with Crippen molar-refractivity contribution in [3.63, 3.8) is 0 Å². The van der Waals surface area contributed by atoms with E-state index in [2.05, 4.69) is 4.18 Å². The lowest BCUT2D eigenvalue weighted by atomic mass is 10.1. The van der Waals surface area contributed by atoms with Crippen molar-refractivity contribution >= 4 is 27.1 Å². The molecule has 0 amide bonds. The third-order valence-corrected chi connectivity index (χ3v) is 4.08. The highest BCUT2D eigenvalue weighted by Crippen LogP contribution is 2.34. The van der Waals surface area contributed by atoms with Crippen LogP contribution < -0.4 is 14.3 Å². The lowest BCUT2D eigenvalue weighted by Crippen LogP contribution is -2.28. The number of esters is 1. The molecule has 0 saturated heterocycles. The van der Waals surface area contributed by atoms with Gasteiger partial charge in [0.1, 0.15) is 28.2 Å². The quantitative estimate of drug-likeness (QED) is 0.340. The van der Waals surface area contributed by atoms with Crippen LogP contribution in [0.2, 0.25) is 0 Å². The minimum atomic E-state index is -5.96. The van der Waals surface area contributed by atoms with Crippen LogP contribution in [0, 0.1) is 0 Å². The van der Waals surface area contributed by atoms with E-state index in [9.17, 15) is 31.2 Å². The van der Waals surface area contributed by atoms with E-state index < -0.39 is 38.5 Å². The standard InChI is InChI=1S/C15H13F3O7S/c1-7(2)11-6-10(20)14-12(23-8(3)19)4-9(5-13(14)24-11)25-26(21,22)15(16,17)18/h4-7H,1-3H3. The van der Waals surface area contributed by atoms with Crippen molar-refractivity contribution in [2.24, 2.45) is 0 Å². The minimum Gasteiger partial charge on any atom is -0.460 e. The molecule has 1 aromatic carbocycles. The average molecular weight is 394 g/mol. The highest BCUT2D eigenvalue weighted by molar-refractivity contribution is 7.88. The number of ether oxygens (including phenoxy) is 1. The number of alkyl halides is 3. The number of carbonyl (C=O) groups excluding carboxylic acids is 1. The Morgan fingerprint density at radius 3 is 2.31 bits per heavy atom. The van der Waals surface area contributed by atoms with Crippen molar-refractivity contribution < 1.29 is 39.7 Å². The summed E-state index contributed by atoms with van der Waals surface area (Å²) in [6, 6.07) is 2.64. The number of rotatable bonds is 4. The van der Waals surface area contributed by atoms with Crippen molar-refractivity contribution in [2.75, 3.05) is 0 Å². The highest BCUT2D eigenvalue weighted by Gasteiger charge is 2.48. The fraction of sp³-hybridized carbons (Fsp3) is 0.333. The summed E-state index contributed by atoms with van der Waals surface area (Å²) in [5, 5.41) is -0.235. The van der Waals surface area contributed by atoms with Gasteiger partial charge < -0.3 is 13.3 Å². The molecule has 7 nitrogen and oxygen atoms in total. The zero-order chi connectivity index (χ0) is 19.9. The molecule has 26 heavy (non-hydrogen) atoms. The predicted molar refractivity (Wildman–Crippen MR) is 83.5 cm³/mol. The largest absolute Gasteiger partial charge is 0.534 e. The van der Waals surface area contributed by atoms with Gasteiger partial charge in [-0.15, -0.1) is 0 Å². The van der Waals surface area contributed by atoms with E-state index in [1.807, 2.05) is 0 Å². The van der Waals surface area contributed by atoms with Crippen LogP contribution in [0.3, 0.4) is 0 Å². The summed E-state index contributed by atoms with van der Waals surface area (Å²) in [4.78, 5) is 23.5. The second-order valence-corrected chi connectivity index (χ2v) is 7.08. The molecule has 2 rings (SSSR count). The molecule has 0 aliphatic rings. The molecule has 0 N–H and O–H groups in total. The van der Waals surface area contributed by atoms with Crippen LogP contribution in [0.4, 0.5) is 13.2 Å². The molecule has 2 aromatic rings. The first-order valence-electron chi connectivity index (χ1n) is 7.13. The number of benzene rings is 1. The fourth-order valence-corrected chi connectivity index (χ4v) is 2.43. The first-order valence-corrected chi connectivity index (χ1v) is 8.53. The van der Waals surface area contributed by atoms with Crippen molar-refractivity contribution in [1.29, 1.82) is 0 Å². The van der Waals surface area contributed by atoms with E-state index in [1.54, 1.807) is 13.8 Å². The van der Waals surface area contributed by atoms with Gasteiger partial charge in [-0.05, 0) is 0 Å². The smallest absolute Gasteiger partial charge is 0.460 e. The minimum absolute atomic E-state index is 0.201. The van der Waals surface area contributed by atoms with E-state index in [0.29, 0.717) is 6.07 Å². The molecule has 142 valence electrons. The summed E-state index contributed by atoms with van der Waals surface area (Å²) in [5.41, 5.74) is -6.56. The Morgan fingerprint density at radius 1 is 1.19 bits per heavy atom. The van der Waals surface area contributed by atoms with Crippen LogP contribution in [0.25, 0.3) is 11.0 Å². The average Bonchev–Trinajstić information content (AvgIpc) is 2.43. The van der Waals surface area contributed by atoms with Crippen LogP contribution in [0.5, 0.6) is 11.5 Å². The zero-order valence-electron chi connectivity index (χ0n) is 13.7. The molecule has 0 aliphatic carbocycles. The summed E-state index contributed by atoms with van der Waals surface area (Å²) < 4.78 is 74.1. The molecular weight excluding hydrogens is 381 g/mol. The van der Waals surface area contributed by atoms with Crippen LogP contribution in [0.1, 0.15) is 32.4 Å². The maximum absolute atomic E-state index is 12.5. The van der Waals surface area contributed by atoms with Crippen LogP contribution >= 0.6 is 0 Å². The van der Waals surface area contributed by atoms with Crippen molar-refractivity contribution in [2.45, 2.75) is 32.2 Å². The Hall–Kier alpha value is -2.56. The monoisotopic (exact) mass is 394 g/mol. The Balaban J connectivity index is 2.73. The van der Waals surface area contributed by atoms with Crippen LogP contribution in [-0.2, 0) is 14.9 Å². The SMILES string of the molecule is CC(=O)Oc1cc(OS(=O)(=O)C(F)(F)F)cc2oc(C(C)C)cc(=O)c12. The van der Waals surface area contributed by atoms with E-state index in [4.69, 9.17) is 9.15 Å². The van der Waals surface area contributed by atoms with Gasteiger partial charge in [-0.25, -0.2) is 0 Å². The topological polar surface area (TPSA) is 99.9 Å². The van der Waals surface area contributed by atoms with Crippen LogP contribution in [-0.4, -0.2) is 19.9 Å². The molecule has 0 spiro atoms. The number of fused-ring (bicyclic) bond motifs is 1. The molecule has 0 fully saturated rings. The van der Waals surface area contributed by atoms with E-state index in [1.165, 1.54) is 0 Å². The molecule has 0 bridgehead atoms. The molecule has 11 heteroatoms. The maximum atomic E-state index is 12.5. The molecule has 0 saturated carbocycles. The number of halogens is 3. The molecule has 1 heterocycles. The van der Waals surface area contributed by atoms with Gasteiger partial charge in [0.25, 0.3) is 0 Å². The van der Waals surface area contributed by atoms with Gasteiger partial charge >= 0.3 is 21.6 Å². The summed E-state index contributed by atoms with van der Waals surface area (Å²) in [7, 11) is -5.96. The van der Waals surface area contributed by atoms with Crippen LogP contribution in [0.15, 0.2) is 27.4 Å². The molecular formula is C15H13F3O7S. The van der Waals surface area contributed by atoms with Gasteiger partial charge in [0.2, 0.25) is 0 Å². The Labute approximate surface area is 145 Å². The van der Waals surface area contributed by atoms with E-state index in [-0.39, 0.29) is 22.6 Å². The molecule has 0 unspecified atom stereocenters. The summed E-state index contributed by atoms with van der Waals surface area (Å²) in [5.74, 6) is -2.23. The van der Waals surface area contributed by atoms with Gasteiger partial charge in [-0.2, -0.15) is 21.6 Å². The molecule has 0 atom stereocenters. The third-order valence-electron chi connectivity index (χ3n) is 3.10. The van der Waals surface area contributed by atoms with Gasteiger partial charge in [0, 0.05) is 31.0 Å². The van der Waals surface area contributed by atoms with E-state index in [0.717, 1.165) is 19.1 Å². The predicted octanol–water partition coefficient (Wildman–Crippen LogP) is 3.07. The second-order valence-electron chi connectivity index (χ2n) is 5.54. The molecule has 1 aromatic heterocycles. The normalized spacial score (nSPS) is 12.4. The van der Waals surface area contributed by atoms with E-state index >= 15 is 0 Å². The van der Waals surface area contributed by atoms with Gasteiger partial charge in [0.05, 0.1) is 0 Å². The summed E-state index contributed by atoms with van der Waals surface area (Å²) in [6.45, 7) is 4.40. The molecule has 0 aliphatic heterocycles. The lowest BCUT2D eigenvalue weighted by molar-refractivity contribution is -0.131. The van der Waals surface area contributed by atoms with Crippen molar-refractivity contribution in [3.05, 3.63) is 34.2 Å². The zero-order valence-corrected chi connectivity index (χ0v) is 14.5. The van der Waals surface area contributed by atoms with Crippen molar-refractivity contribution in [1.82, 2.24) is 0 Å². The highest BCUT2D eigenvalue weighted by atomic mass is 32.2. The first kappa shape index (κ1) is 19.8. The third kappa shape index (κ3) is 3.98. The number of carbonyl (C=O) groups is 1. The second kappa shape index (κ2) is 6.63. The van der Waals surface area contributed by atoms with Gasteiger partial charge in [0.15, 0.2) is 5.43 Å². The maximum Gasteiger partial charge on any atom is 0.534 e. The fourth-order valence-electron chi connectivity index (χ4n) is 1.99. The molecule has 0 radical (unpaired) electrons. The van der Waals surface area contributed by atoms with Crippen molar-refractivity contribution in [3.8, 4) is 11.5 Å². The summed E-state index contributed by atoms with van der Waals surface area (Å²) >= 11 is 0. The van der Waals surface area contributed by atoms with Gasteiger partial charge in [-0.1, -0.05) is 13.8 Å². The summed E-state index contributed by atoms with van der Waals surface area (Å²) in [6.07, 6.45) is 0. The number of hydrogen-bond acceptors (Lipinski definition) is 7. The Morgan fingerprint density at radius 2 is 1.81 bits per heavy atom. The number of hydrogen-bond donors (Lipinski definition) is 0. The first-order chi connectivity index (χ1) is 11.8. The van der Waals surface area contributed by atoms with Gasteiger partial charge in [-0.3, -0.25) is 9.59 Å². The Bertz CT molecular complexity index is 1020.